The molecule has 8 heteroatoms. The van der Waals surface area contributed by atoms with Crippen molar-refractivity contribution in [1.82, 2.24) is 14.4 Å². The first-order valence-electron chi connectivity index (χ1n) is 11.5. The zero-order valence-electron chi connectivity index (χ0n) is 19.6. The molecule has 1 fully saturated rings. The lowest BCUT2D eigenvalue weighted by molar-refractivity contribution is 0.0342. The van der Waals surface area contributed by atoms with Gasteiger partial charge in [-0.1, -0.05) is 25.2 Å². The molecule has 0 atom stereocenters. The van der Waals surface area contributed by atoms with E-state index in [2.05, 4.69) is 28.6 Å². The number of aliphatic hydroxyl groups excluding tert-OH is 1. The predicted molar refractivity (Wildman–Crippen MR) is 129 cm³/mol. The molecule has 0 radical (unpaired) electrons. The van der Waals surface area contributed by atoms with E-state index in [1.807, 2.05) is 12.1 Å². The van der Waals surface area contributed by atoms with Crippen LogP contribution in [0.25, 0.3) is 10.9 Å². The number of pyridine rings is 1. The van der Waals surface area contributed by atoms with E-state index in [1.165, 1.54) is 6.20 Å². The molecule has 2 aromatic rings. The molecular weight excluding hydrogens is 420 g/mol. The van der Waals surface area contributed by atoms with Gasteiger partial charge in [0.2, 0.25) is 5.43 Å². The van der Waals surface area contributed by atoms with Crippen molar-refractivity contribution >= 4 is 16.8 Å². The molecule has 3 rings (SSSR count). The first kappa shape index (κ1) is 24.9. The van der Waals surface area contributed by atoms with E-state index in [-0.39, 0.29) is 17.6 Å². The highest BCUT2D eigenvalue weighted by Gasteiger charge is 2.17. The molecule has 2 heterocycles. The second-order valence-electron chi connectivity index (χ2n) is 8.43. The smallest absolute Gasteiger partial charge is 0.254 e. The van der Waals surface area contributed by atoms with Crippen molar-refractivity contribution < 1.29 is 14.6 Å². The summed E-state index contributed by atoms with van der Waals surface area (Å²) in [6, 6.07) is 3.88. The number of morpholine rings is 1. The highest BCUT2D eigenvalue weighted by Crippen LogP contribution is 2.20. The molecule has 1 aliphatic heterocycles. The molecule has 1 saturated heterocycles. The van der Waals surface area contributed by atoms with Crippen LogP contribution in [0, 0.1) is 11.8 Å². The Morgan fingerprint density at radius 1 is 1.27 bits per heavy atom. The van der Waals surface area contributed by atoms with E-state index in [0.717, 1.165) is 43.6 Å². The maximum atomic E-state index is 13.1. The highest BCUT2D eigenvalue weighted by molar-refractivity contribution is 5.97. The summed E-state index contributed by atoms with van der Waals surface area (Å²) >= 11 is 0. The van der Waals surface area contributed by atoms with Crippen LogP contribution < -0.4 is 11.2 Å². The number of rotatable bonds is 9. The Kier molecular flexibility index (Phi) is 9.03. The summed E-state index contributed by atoms with van der Waals surface area (Å²) in [5, 5.41) is 9.79. The van der Waals surface area contributed by atoms with E-state index in [0.29, 0.717) is 43.8 Å². The minimum atomic E-state index is -0.737. The average Bonchev–Trinajstić information content (AvgIpc) is 2.80. The van der Waals surface area contributed by atoms with Gasteiger partial charge in [0.15, 0.2) is 0 Å². The van der Waals surface area contributed by atoms with Crippen LogP contribution in [0.5, 0.6) is 0 Å². The van der Waals surface area contributed by atoms with Crippen LogP contribution in [-0.4, -0.2) is 77.9 Å². The molecule has 8 nitrogen and oxygen atoms in total. The standard InChI is InChI=1S/C25H34N4O4/c1-3-4-7-28(9-12-30)8-5-6-20-15-19(17-29-10-13-33-14-11-29)16-21-23(20)27(2)18-22(24(21)31)25(26)32/h15-16,18,30H,3-4,7-14,17H2,1-2H3,(H2,26,32). The van der Waals surface area contributed by atoms with Gasteiger partial charge in [-0.15, -0.1) is 0 Å². The van der Waals surface area contributed by atoms with Crippen molar-refractivity contribution in [1.29, 1.82) is 0 Å². The van der Waals surface area contributed by atoms with E-state index in [1.54, 1.807) is 11.6 Å². The number of nitrogens with zero attached hydrogens (tertiary/aromatic N) is 3. The maximum absolute atomic E-state index is 13.1. The number of aromatic nitrogens is 1. The second kappa shape index (κ2) is 12.0. The largest absolute Gasteiger partial charge is 0.395 e. The van der Waals surface area contributed by atoms with Gasteiger partial charge in [0.25, 0.3) is 5.91 Å². The number of benzene rings is 1. The van der Waals surface area contributed by atoms with Crippen LogP contribution in [0.2, 0.25) is 0 Å². The van der Waals surface area contributed by atoms with Crippen molar-refractivity contribution in [2.45, 2.75) is 26.3 Å². The Morgan fingerprint density at radius 2 is 2.03 bits per heavy atom. The molecule has 33 heavy (non-hydrogen) atoms. The number of aryl methyl sites for hydroxylation is 1. The number of carbonyl (C=O) groups excluding carboxylic acids is 1. The zero-order chi connectivity index (χ0) is 23.8. The van der Waals surface area contributed by atoms with Gasteiger partial charge in [0, 0.05) is 50.4 Å². The minimum Gasteiger partial charge on any atom is -0.395 e. The number of primary amides is 1. The maximum Gasteiger partial charge on any atom is 0.254 e. The zero-order valence-corrected chi connectivity index (χ0v) is 19.6. The van der Waals surface area contributed by atoms with Crippen LogP contribution in [-0.2, 0) is 18.3 Å². The van der Waals surface area contributed by atoms with E-state index >= 15 is 0 Å². The Bertz CT molecular complexity index is 1090. The number of hydrogen-bond acceptors (Lipinski definition) is 6. The molecule has 0 bridgehead atoms. The van der Waals surface area contributed by atoms with Gasteiger partial charge in [0.05, 0.1) is 31.9 Å². The number of carbonyl (C=O) groups is 1. The van der Waals surface area contributed by atoms with Gasteiger partial charge in [-0.25, -0.2) is 0 Å². The SMILES string of the molecule is CCCCN(CC#Cc1cc(CN2CCOCC2)cc2c(=O)c(C(N)=O)cn(C)c12)CCO. The highest BCUT2D eigenvalue weighted by atomic mass is 16.5. The van der Waals surface area contributed by atoms with Gasteiger partial charge in [-0.05, 0) is 30.7 Å². The minimum absolute atomic E-state index is 0.0267. The quantitative estimate of drug-likeness (QED) is 0.547. The lowest BCUT2D eigenvalue weighted by atomic mass is 10.0. The molecule has 0 spiro atoms. The van der Waals surface area contributed by atoms with Gasteiger partial charge >= 0.3 is 0 Å². The summed E-state index contributed by atoms with van der Waals surface area (Å²) in [4.78, 5) is 29.3. The topological polar surface area (TPSA) is 101 Å². The molecule has 178 valence electrons. The molecule has 1 aromatic carbocycles. The molecule has 3 N–H and O–H groups in total. The van der Waals surface area contributed by atoms with Crippen LogP contribution >= 0.6 is 0 Å². The number of fused-ring (bicyclic) bond motifs is 1. The Labute approximate surface area is 194 Å². The monoisotopic (exact) mass is 454 g/mol. The third kappa shape index (κ3) is 6.42. The third-order valence-electron chi connectivity index (χ3n) is 5.88. The Balaban J connectivity index is 2.03. The van der Waals surface area contributed by atoms with Gasteiger partial charge < -0.3 is 20.1 Å². The van der Waals surface area contributed by atoms with Crippen molar-refractivity contribution in [3.63, 3.8) is 0 Å². The fourth-order valence-electron chi connectivity index (χ4n) is 4.13. The molecule has 0 saturated carbocycles. The summed E-state index contributed by atoms with van der Waals surface area (Å²) in [7, 11) is 1.79. The fourth-order valence-corrected chi connectivity index (χ4v) is 4.13. The molecule has 1 aliphatic rings. The van der Waals surface area contributed by atoms with Crippen LogP contribution in [0.4, 0.5) is 0 Å². The Hall–Kier alpha value is -2.70. The number of ether oxygens (including phenoxy) is 1. The summed E-state index contributed by atoms with van der Waals surface area (Å²) < 4.78 is 7.19. The summed E-state index contributed by atoms with van der Waals surface area (Å²) in [6.07, 6.45) is 3.61. The summed E-state index contributed by atoms with van der Waals surface area (Å²) in [5.74, 6) is 5.74. The fraction of sp³-hybridized carbons (Fsp3) is 0.520. The van der Waals surface area contributed by atoms with Gasteiger partial charge in [-0.3, -0.25) is 19.4 Å². The summed E-state index contributed by atoms with van der Waals surface area (Å²) in [6.45, 7) is 7.91. The van der Waals surface area contributed by atoms with E-state index < -0.39 is 5.91 Å². The normalized spacial score (nSPS) is 14.4. The first-order chi connectivity index (χ1) is 15.9. The van der Waals surface area contributed by atoms with Crippen molar-refractivity contribution in [3.8, 4) is 11.8 Å². The predicted octanol–water partition coefficient (Wildman–Crippen LogP) is 0.916. The molecule has 0 unspecified atom stereocenters. The van der Waals surface area contributed by atoms with Crippen molar-refractivity contribution in [3.05, 3.63) is 45.2 Å². The van der Waals surface area contributed by atoms with Crippen LogP contribution in [0.1, 0.15) is 41.3 Å². The number of nitrogens with two attached hydrogens (primary N) is 1. The molecule has 1 amide bonds. The number of unbranched alkanes of at least 4 members (excludes halogenated alkanes) is 1. The second-order valence-corrected chi connectivity index (χ2v) is 8.43. The Morgan fingerprint density at radius 3 is 2.70 bits per heavy atom. The van der Waals surface area contributed by atoms with Crippen molar-refractivity contribution in [2.24, 2.45) is 12.8 Å². The van der Waals surface area contributed by atoms with Crippen molar-refractivity contribution in [2.75, 3.05) is 52.5 Å². The van der Waals surface area contributed by atoms with Gasteiger partial charge in [0.1, 0.15) is 5.56 Å². The third-order valence-corrected chi connectivity index (χ3v) is 5.88. The lowest BCUT2D eigenvalue weighted by Gasteiger charge is -2.26. The summed E-state index contributed by atoms with van der Waals surface area (Å²) in [5.41, 5.74) is 7.45. The van der Waals surface area contributed by atoms with Gasteiger partial charge in [-0.2, -0.15) is 0 Å². The lowest BCUT2D eigenvalue weighted by Crippen LogP contribution is -2.35. The molecular formula is C25H34N4O4. The van der Waals surface area contributed by atoms with Crippen LogP contribution in [0.3, 0.4) is 0 Å². The number of hydrogen-bond donors (Lipinski definition) is 2. The average molecular weight is 455 g/mol. The number of amides is 1. The van der Waals surface area contributed by atoms with E-state index in [4.69, 9.17) is 10.5 Å². The molecule has 1 aromatic heterocycles. The van der Waals surface area contributed by atoms with E-state index in [9.17, 15) is 14.7 Å². The first-order valence-corrected chi connectivity index (χ1v) is 11.5. The number of aliphatic hydroxyl groups is 1. The molecule has 0 aliphatic carbocycles. The van der Waals surface area contributed by atoms with Crippen LogP contribution in [0.15, 0.2) is 23.1 Å².